The van der Waals surface area contributed by atoms with E-state index in [2.05, 4.69) is 0 Å². The van der Waals surface area contributed by atoms with Crippen LogP contribution in [-0.2, 0) is 6.42 Å². The molecule has 0 amide bonds. The largest absolute Gasteiger partial charge is 0.504 e. The number of rotatable bonds is 2. The lowest BCUT2D eigenvalue weighted by atomic mass is 10.1. The van der Waals surface area contributed by atoms with E-state index in [9.17, 15) is 9.90 Å². The molecule has 1 heterocycles. The van der Waals surface area contributed by atoms with E-state index >= 15 is 0 Å². The summed E-state index contributed by atoms with van der Waals surface area (Å²) in [6.07, 6.45) is 0.678. The lowest BCUT2D eigenvalue weighted by Gasteiger charge is -2.09. The topological polar surface area (TPSA) is 59.7 Å². The smallest absolute Gasteiger partial charge is 0.336 e. The fraction of sp³-hybridized carbons (Fsp3) is 0.250. The van der Waals surface area contributed by atoms with Crippen molar-refractivity contribution in [3.63, 3.8) is 0 Å². The van der Waals surface area contributed by atoms with Crippen LogP contribution in [0.2, 0.25) is 0 Å². The average molecular weight is 220 g/mol. The number of fused-ring (bicyclic) bond motifs is 1. The lowest BCUT2D eigenvalue weighted by Crippen LogP contribution is -1.97. The molecule has 0 aliphatic rings. The second-order valence-corrected chi connectivity index (χ2v) is 3.44. The lowest BCUT2D eigenvalue weighted by molar-refractivity contribution is 0.366. The van der Waals surface area contributed by atoms with Crippen molar-refractivity contribution in [2.24, 2.45) is 0 Å². The molecular formula is C12H12O4. The fourth-order valence-corrected chi connectivity index (χ4v) is 1.69. The first-order chi connectivity index (χ1) is 7.67. The van der Waals surface area contributed by atoms with Crippen LogP contribution >= 0.6 is 0 Å². The van der Waals surface area contributed by atoms with Crippen LogP contribution in [0.5, 0.6) is 11.5 Å². The molecule has 4 nitrogen and oxygen atoms in total. The number of ether oxygens (including phenoxy) is 1. The van der Waals surface area contributed by atoms with Gasteiger partial charge in [0.25, 0.3) is 0 Å². The van der Waals surface area contributed by atoms with Crippen LogP contribution in [0.3, 0.4) is 0 Å². The Kier molecular flexibility index (Phi) is 2.56. The molecule has 2 rings (SSSR count). The second-order valence-electron chi connectivity index (χ2n) is 3.44. The first-order valence-corrected chi connectivity index (χ1v) is 5.00. The van der Waals surface area contributed by atoms with Gasteiger partial charge in [0, 0.05) is 11.5 Å². The molecule has 0 radical (unpaired) electrons. The number of hydrogen-bond donors (Lipinski definition) is 1. The van der Waals surface area contributed by atoms with Crippen LogP contribution in [0.4, 0.5) is 0 Å². The Morgan fingerprint density at radius 3 is 2.81 bits per heavy atom. The van der Waals surface area contributed by atoms with Gasteiger partial charge in [-0.05, 0) is 24.1 Å². The molecule has 4 heteroatoms. The quantitative estimate of drug-likeness (QED) is 0.787. The van der Waals surface area contributed by atoms with Gasteiger partial charge >= 0.3 is 5.63 Å². The predicted octanol–water partition coefficient (Wildman–Crippen LogP) is 2.07. The Hall–Kier alpha value is -1.97. The summed E-state index contributed by atoms with van der Waals surface area (Å²) in [6, 6.07) is 4.79. The molecule has 0 saturated carbocycles. The van der Waals surface area contributed by atoms with Gasteiger partial charge in [0.15, 0.2) is 11.3 Å². The molecule has 0 aliphatic heterocycles. The monoisotopic (exact) mass is 220 g/mol. The van der Waals surface area contributed by atoms with Crippen LogP contribution in [0.15, 0.2) is 27.4 Å². The summed E-state index contributed by atoms with van der Waals surface area (Å²) in [7, 11) is 1.43. The highest BCUT2D eigenvalue weighted by Crippen LogP contribution is 2.37. The van der Waals surface area contributed by atoms with Crippen molar-refractivity contribution in [1.82, 2.24) is 0 Å². The zero-order valence-electron chi connectivity index (χ0n) is 9.11. The molecule has 0 fully saturated rings. The number of hydrogen-bond acceptors (Lipinski definition) is 4. The molecule has 0 spiro atoms. The van der Waals surface area contributed by atoms with Gasteiger partial charge in [0.2, 0.25) is 5.75 Å². The van der Waals surface area contributed by atoms with Crippen LogP contribution < -0.4 is 10.4 Å². The van der Waals surface area contributed by atoms with Crippen LogP contribution in [0.1, 0.15) is 12.5 Å². The summed E-state index contributed by atoms with van der Waals surface area (Å²) in [5.74, 6) is 0.249. The highest BCUT2D eigenvalue weighted by Gasteiger charge is 2.14. The number of phenolic OH excluding ortho intramolecular Hbond substituents is 1. The Bertz CT molecular complexity index is 583. The predicted molar refractivity (Wildman–Crippen MR) is 60.1 cm³/mol. The summed E-state index contributed by atoms with van der Waals surface area (Å²) >= 11 is 0. The molecule has 0 aliphatic carbocycles. The molecule has 0 unspecified atom stereocenters. The van der Waals surface area contributed by atoms with E-state index in [-0.39, 0.29) is 17.1 Å². The summed E-state index contributed by atoms with van der Waals surface area (Å²) in [4.78, 5) is 11.1. The molecular weight excluding hydrogens is 208 g/mol. The van der Waals surface area contributed by atoms with Gasteiger partial charge in [-0.3, -0.25) is 0 Å². The number of aryl methyl sites for hydroxylation is 1. The van der Waals surface area contributed by atoms with Crippen molar-refractivity contribution in [1.29, 1.82) is 0 Å². The third-order valence-corrected chi connectivity index (χ3v) is 2.50. The molecule has 0 bridgehead atoms. The summed E-state index contributed by atoms with van der Waals surface area (Å²) in [6.45, 7) is 1.93. The van der Waals surface area contributed by atoms with Crippen LogP contribution in [0.25, 0.3) is 11.0 Å². The van der Waals surface area contributed by atoms with Gasteiger partial charge in [-0.2, -0.15) is 0 Å². The van der Waals surface area contributed by atoms with Crippen LogP contribution in [0, 0.1) is 0 Å². The van der Waals surface area contributed by atoms with Crippen molar-refractivity contribution < 1.29 is 14.3 Å². The van der Waals surface area contributed by atoms with Crippen molar-refractivity contribution >= 4 is 11.0 Å². The van der Waals surface area contributed by atoms with Gasteiger partial charge in [0.1, 0.15) is 0 Å². The van der Waals surface area contributed by atoms with Gasteiger partial charge in [-0.15, -0.1) is 0 Å². The van der Waals surface area contributed by atoms with E-state index in [0.29, 0.717) is 6.42 Å². The Balaban J connectivity index is 2.90. The zero-order valence-corrected chi connectivity index (χ0v) is 9.11. The van der Waals surface area contributed by atoms with Crippen molar-refractivity contribution in [2.45, 2.75) is 13.3 Å². The number of aromatic hydroxyl groups is 1. The van der Waals surface area contributed by atoms with Gasteiger partial charge < -0.3 is 14.3 Å². The van der Waals surface area contributed by atoms with E-state index in [1.165, 1.54) is 13.2 Å². The first kappa shape index (κ1) is 10.5. The third-order valence-electron chi connectivity index (χ3n) is 2.50. The first-order valence-electron chi connectivity index (χ1n) is 5.00. The molecule has 84 valence electrons. The summed E-state index contributed by atoms with van der Waals surface area (Å²) < 4.78 is 10.1. The number of benzene rings is 1. The van der Waals surface area contributed by atoms with E-state index < -0.39 is 5.63 Å². The van der Waals surface area contributed by atoms with Gasteiger partial charge in [0.05, 0.1) is 7.11 Å². The van der Waals surface area contributed by atoms with Crippen molar-refractivity contribution in [2.75, 3.05) is 7.11 Å². The Morgan fingerprint density at radius 1 is 1.44 bits per heavy atom. The fourth-order valence-electron chi connectivity index (χ4n) is 1.69. The third kappa shape index (κ3) is 1.52. The molecule has 1 aromatic heterocycles. The highest BCUT2D eigenvalue weighted by molar-refractivity contribution is 5.86. The molecule has 0 saturated heterocycles. The van der Waals surface area contributed by atoms with Gasteiger partial charge in [-0.1, -0.05) is 6.92 Å². The Morgan fingerprint density at radius 2 is 2.19 bits per heavy atom. The average Bonchev–Trinajstić information content (AvgIpc) is 2.28. The minimum Gasteiger partial charge on any atom is -0.504 e. The Labute approximate surface area is 92.1 Å². The zero-order chi connectivity index (χ0) is 11.7. The second kappa shape index (κ2) is 3.89. The maximum Gasteiger partial charge on any atom is 0.336 e. The standard InChI is InChI=1S/C12H12O4/c1-3-7-6-8-4-5-9(13)16-11(8)12(15-2)10(7)14/h4-6,14H,3H2,1-2H3. The SMILES string of the molecule is CCc1cc2ccc(=O)oc2c(OC)c1O. The van der Waals surface area contributed by atoms with E-state index in [1.54, 1.807) is 12.1 Å². The van der Waals surface area contributed by atoms with E-state index in [0.717, 1.165) is 10.9 Å². The minimum absolute atomic E-state index is 0.0341. The number of methoxy groups -OCH3 is 1. The van der Waals surface area contributed by atoms with Gasteiger partial charge in [-0.25, -0.2) is 4.79 Å². The maximum absolute atomic E-state index is 11.1. The van der Waals surface area contributed by atoms with Crippen LogP contribution in [-0.4, -0.2) is 12.2 Å². The molecule has 1 N–H and O–H groups in total. The van der Waals surface area contributed by atoms with E-state index in [1.807, 2.05) is 6.92 Å². The molecule has 1 aromatic carbocycles. The minimum atomic E-state index is -0.463. The highest BCUT2D eigenvalue weighted by atomic mass is 16.5. The van der Waals surface area contributed by atoms with Crippen molar-refractivity contribution in [3.05, 3.63) is 34.2 Å². The molecule has 2 aromatic rings. The molecule has 16 heavy (non-hydrogen) atoms. The number of phenols is 1. The van der Waals surface area contributed by atoms with E-state index in [4.69, 9.17) is 9.15 Å². The summed E-state index contributed by atoms with van der Waals surface area (Å²) in [5.41, 5.74) is 0.581. The van der Waals surface area contributed by atoms with Crippen molar-refractivity contribution in [3.8, 4) is 11.5 Å². The maximum atomic E-state index is 11.1. The molecule has 0 atom stereocenters. The summed E-state index contributed by atoms with van der Waals surface area (Å²) in [5, 5.41) is 10.6. The normalized spacial score (nSPS) is 10.6.